The summed E-state index contributed by atoms with van der Waals surface area (Å²) in [5.74, 6) is -1.03. The Morgan fingerprint density at radius 2 is 2.17 bits per heavy atom. The minimum absolute atomic E-state index is 0.0180. The van der Waals surface area contributed by atoms with Crippen LogP contribution < -0.4 is 11.1 Å². The van der Waals surface area contributed by atoms with Crippen LogP contribution >= 0.6 is 0 Å². The van der Waals surface area contributed by atoms with Crippen LogP contribution in [0.1, 0.15) is 42.5 Å². The van der Waals surface area contributed by atoms with Gasteiger partial charge in [0.05, 0.1) is 11.8 Å². The van der Waals surface area contributed by atoms with Gasteiger partial charge in [0.1, 0.15) is 0 Å². The number of carbonyl (C=O) groups is 1. The maximum atomic E-state index is 13.3. The predicted molar refractivity (Wildman–Crippen MR) is 66.5 cm³/mol. The van der Waals surface area contributed by atoms with Crippen LogP contribution in [-0.4, -0.2) is 23.0 Å². The Labute approximate surface area is 106 Å². The van der Waals surface area contributed by atoms with Gasteiger partial charge in [0.25, 0.3) is 5.91 Å². The lowest BCUT2D eigenvalue weighted by molar-refractivity contribution is 0.0933. The van der Waals surface area contributed by atoms with Crippen LogP contribution in [0.15, 0.2) is 18.5 Å². The highest BCUT2D eigenvalue weighted by molar-refractivity contribution is 5.94. The van der Waals surface area contributed by atoms with E-state index in [0.29, 0.717) is 6.54 Å². The van der Waals surface area contributed by atoms with Gasteiger partial charge in [0.2, 0.25) is 0 Å². The van der Waals surface area contributed by atoms with Gasteiger partial charge in [-0.25, -0.2) is 4.39 Å². The Morgan fingerprint density at radius 3 is 2.83 bits per heavy atom. The Hall–Kier alpha value is -1.49. The SMILES string of the molecule is NC1(CNC(=O)c2ccncc2F)CCCCC1. The van der Waals surface area contributed by atoms with Crippen molar-refractivity contribution in [1.29, 1.82) is 0 Å². The first-order valence-electron chi connectivity index (χ1n) is 6.27. The normalized spacial score (nSPS) is 18.3. The molecule has 0 aliphatic heterocycles. The summed E-state index contributed by atoms with van der Waals surface area (Å²) in [6.45, 7) is 0.396. The third kappa shape index (κ3) is 3.04. The van der Waals surface area contributed by atoms with E-state index in [2.05, 4.69) is 10.3 Å². The number of nitrogens with two attached hydrogens (primary N) is 1. The van der Waals surface area contributed by atoms with Gasteiger partial charge in [-0.3, -0.25) is 9.78 Å². The first kappa shape index (κ1) is 13.0. The van der Waals surface area contributed by atoms with E-state index in [1.165, 1.54) is 18.7 Å². The molecule has 0 spiro atoms. The number of halogens is 1. The molecule has 1 heterocycles. The van der Waals surface area contributed by atoms with Gasteiger partial charge >= 0.3 is 0 Å². The molecule has 1 amide bonds. The standard InChI is InChI=1S/C13H18FN3O/c14-11-8-16-7-4-10(11)12(18)17-9-13(15)5-2-1-3-6-13/h4,7-8H,1-3,5-6,9,15H2,(H,17,18). The molecule has 3 N–H and O–H groups in total. The average Bonchev–Trinajstić information content (AvgIpc) is 2.38. The quantitative estimate of drug-likeness (QED) is 0.857. The average molecular weight is 251 g/mol. The zero-order chi connectivity index (χ0) is 13.0. The van der Waals surface area contributed by atoms with Crippen molar-refractivity contribution in [2.75, 3.05) is 6.54 Å². The molecule has 0 bridgehead atoms. The lowest BCUT2D eigenvalue weighted by atomic mass is 9.82. The fourth-order valence-electron chi connectivity index (χ4n) is 2.34. The molecule has 0 aromatic carbocycles. The maximum absolute atomic E-state index is 13.3. The van der Waals surface area contributed by atoms with Crippen molar-refractivity contribution in [2.45, 2.75) is 37.6 Å². The molecule has 2 rings (SSSR count). The number of pyridine rings is 1. The van der Waals surface area contributed by atoms with Crippen molar-refractivity contribution in [2.24, 2.45) is 5.73 Å². The van der Waals surface area contributed by atoms with Gasteiger partial charge < -0.3 is 11.1 Å². The zero-order valence-corrected chi connectivity index (χ0v) is 10.3. The van der Waals surface area contributed by atoms with E-state index in [4.69, 9.17) is 5.73 Å². The molecule has 98 valence electrons. The molecule has 1 saturated carbocycles. The van der Waals surface area contributed by atoms with Gasteiger partial charge in [-0.2, -0.15) is 0 Å². The van der Waals surface area contributed by atoms with Crippen molar-refractivity contribution in [3.8, 4) is 0 Å². The predicted octanol–water partition coefficient (Wildman–Crippen LogP) is 1.61. The second-order valence-corrected chi connectivity index (χ2v) is 4.96. The van der Waals surface area contributed by atoms with E-state index >= 15 is 0 Å². The van der Waals surface area contributed by atoms with Gasteiger partial charge in [0.15, 0.2) is 5.82 Å². The van der Waals surface area contributed by atoms with Crippen LogP contribution in [0.2, 0.25) is 0 Å². The molecule has 0 atom stereocenters. The van der Waals surface area contributed by atoms with Crippen LogP contribution in [0.5, 0.6) is 0 Å². The fraction of sp³-hybridized carbons (Fsp3) is 0.538. The van der Waals surface area contributed by atoms with Gasteiger partial charge in [-0.05, 0) is 18.9 Å². The van der Waals surface area contributed by atoms with Crippen molar-refractivity contribution in [3.05, 3.63) is 29.8 Å². The summed E-state index contributed by atoms with van der Waals surface area (Å²) in [4.78, 5) is 15.4. The Morgan fingerprint density at radius 1 is 1.44 bits per heavy atom. The number of hydrogen-bond donors (Lipinski definition) is 2. The lowest BCUT2D eigenvalue weighted by Crippen LogP contribution is -2.51. The summed E-state index contributed by atoms with van der Waals surface area (Å²) in [5.41, 5.74) is 5.88. The molecule has 1 aromatic rings. The molecule has 1 aliphatic rings. The summed E-state index contributed by atoms with van der Waals surface area (Å²) < 4.78 is 13.3. The number of aromatic nitrogens is 1. The number of hydrogen-bond acceptors (Lipinski definition) is 3. The van der Waals surface area contributed by atoms with E-state index in [1.807, 2.05) is 0 Å². The molecule has 1 aliphatic carbocycles. The maximum Gasteiger partial charge on any atom is 0.254 e. The smallest absolute Gasteiger partial charge is 0.254 e. The van der Waals surface area contributed by atoms with Crippen LogP contribution in [0.25, 0.3) is 0 Å². The topological polar surface area (TPSA) is 68.0 Å². The van der Waals surface area contributed by atoms with Crippen LogP contribution in [0.4, 0.5) is 4.39 Å². The molecule has 0 radical (unpaired) electrons. The van der Waals surface area contributed by atoms with E-state index in [1.54, 1.807) is 0 Å². The van der Waals surface area contributed by atoms with Crippen molar-refractivity contribution in [1.82, 2.24) is 10.3 Å². The number of nitrogens with zero attached hydrogens (tertiary/aromatic N) is 1. The van der Waals surface area contributed by atoms with Gasteiger partial charge in [-0.1, -0.05) is 19.3 Å². The number of nitrogens with one attached hydrogen (secondary N) is 1. The minimum atomic E-state index is -0.607. The van der Waals surface area contributed by atoms with Crippen molar-refractivity contribution in [3.63, 3.8) is 0 Å². The molecule has 4 nitrogen and oxygen atoms in total. The molecule has 0 saturated heterocycles. The highest BCUT2D eigenvalue weighted by atomic mass is 19.1. The minimum Gasteiger partial charge on any atom is -0.350 e. The Balaban J connectivity index is 1.94. The summed E-state index contributed by atoms with van der Waals surface area (Å²) in [6.07, 6.45) is 7.64. The summed E-state index contributed by atoms with van der Waals surface area (Å²) in [5, 5.41) is 2.72. The summed E-state index contributed by atoms with van der Waals surface area (Å²) in [6, 6.07) is 1.37. The molecular weight excluding hydrogens is 233 g/mol. The first-order valence-corrected chi connectivity index (χ1v) is 6.27. The Bertz CT molecular complexity index is 430. The molecule has 0 unspecified atom stereocenters. The van der Waals surface area contributed by atoms with Crippen LogP contribution in [-0.2, 0) is 0 Å². The van der Waals surface area contributed by atoms with E-state index in [0.717, 1.165) is 31.9 Å². The van der Waals surface area contributed by atoms with Gasteiger partial charge in [-0.15, -0.1) is 0 Å². The second-order valence-electron chi connectivity index (χ2n) is 4.96. The van der Waals surface area contributed by atoms with Crippen molar-refractivity contribution >= 4 is 5.91 Å². The third-order valence-electron chi connectivity index (χ3n) is 3.47. The first-order chi connectivity index (χ1) is 8.61. The highest BCUT2D eigenvalue weighted by Gasteiger charge is 2.28. The summed E-state index contributed by atoms with van der Waals surface area (Å²) >= 11 is 0. The number of amides is 1. The second kappa shape index (κ2) is 5.44. The largest absolute Gasteiger partial charge is 0.350 e. The lowest BCUT2D eigenvalue weighted by Gasteiger charge is -2.33. The number of carbonyl (C=O) groups excluding carboxylic acids is 1. The molecule has 1 aromatic heterocycles. The third-order valence-corrected chi connectivity index (χ3v) is 3.47. The fourth-order valence-corrected chi connectivity index (χ4v) is 2.34. The van der Waals surface area contributed by atoms with E-state index < -0.39 is 11.7 Å². The number of rotatable bonds is 3. The molecule has 1 fully saturated rings. The Kier molecular flexibility index (Phi) is 3.91. The highest BCUT2D eigenvalue weighted by Crippen LogP contribution is 2.25. The van der Waals surface area contributed by atoms with Crippen LogP contribution in [0.3, 0.4) is 0 Å². The monoisotopic (exact) mass is 251 g/mol. The summed E-state index contributed by atoms with van der Waals surface area (Å²) in [7, 11) is 0. The van der Waals surface area contributed by atoms with Crippen molar-refractivity contribution < 1.29 is 9.18 Å². The zero-order valence-electron chi connectivity index (χ0n) is 10.3. The molecule has 18 heavy (non-hydrogen) atoms. The van der Waals surface area contributed by atoms with Gasteiger partial charge in [0, 0.05) is 18.3 Å². The molecular formula is C13H18FN3O. The van der Waals surface area contributed by atoms with E-state index in [9.17, 15) is 9.18 Å². The van der Waals surface area contributed by atoms with Crippen LogP contribution in [0, 0.1) is 5.82 Å². The van der Waals surface area contributed by atoms with E-state index in [-0.39, 0.29) is 11.1 Å². The molecule has 5 heteroatoms.